The highest BCUT2D eigenvalue weighted by molar-refractivity contribution is 7.89. The minimum atomic E-state index is -3.44. The summed E-state index contributed by atoms with van der Waals surface area (Å²) >= 11 is 0. The molecule has 1 aliphatic rings. The van der Waals surface area contributed by atoms with Gasteiger partial charge in [0.15, 0.2) is 0 Å². The first-order valence-corrected chi connectivity index (χ1v) is 11.0. The number of hydrogen-bond acceptors (Lipinski definition) is 3. The van der Waals surface area contributed by atoms with Crippen LogP contribution in [0.2, 0.25) is 0 Å². The van der Waals surface area contributed by atoms with Crippen molar-refractivity contribution in [1.29, 1.82) is 0 Å². The maximum absolute atomic E-state index is 12.5. The molecule has 1 fully saturated rings. The molecule has 0 aliphatic carbocycles. The van der Waals surface area contributed by atoms with Gasteiger partial charge in [0.2, 0.25) is 10.0 Å². The molecular weight excluding hydrogens is 350 g/mol. The molecule has 0 aromatic heterocycles. The minimum Gasteiger partial charge on any atom is -0.334 e. The summed E-state index contributed by atoms with van der Waals surface area (Å²) in [6, 6.07) is 7.06. The van der Waals surface area contributed by atoms with Gasteiger partial charge in [0.25, 0.3) is 0 Å². The Labute approximate surface area is 157 Å². The summed E-state index contributed by atoms with van der Waals surface area (Å²) in [5, 5.41) is 2.96. The Bertz CT molecular complexity index is 684. The van der Waals surface area contributed by atoms with Crippen LogP contribution in [0.25, 0.3) is 0 Å². The van der Waals surface area contributed by atoms with Crippen LogP contribution < -0.4 is 5.32 Å². The molecule has 0 spiro atoms. The number of hydrogen-bond donors (Lipinski definition) is 1. The summed E-state index contributed by atoms with van der Waals surface area (Å²) in [7, 11) is -3.44. The maximum Gasteiger partial charge on any atom is 0.317 e. The van der Waals surface area contributed by atoms with Gasteiger partial charge < -0.3 is 10.2 Å². The largest absolute Gasteiger partial charge is 0.334 e. The molecule has 1 aromatic rings. The smallest absolute Gasteiger partial charge is 0.317 e. The Morgan fingerprint density at radius 1 is 1.15 bits per heavy atom. The molecule has 6 nitrogen and oxygen atoms in total. The van der Waals surface area contributed by atoms with E-state index in [2.05, 4.69) is 12.2 Å². The maximum atomic E-state index is 12.5. The van der Waals surface area contributed by atoms with Crippen molar-refractivity contribution in [3.8, 4) is 0 Å². The van der Waals surface area contributed by atoms with Gasteiger partial charge in [-0.25, -0.2) is 13.2 Å². The van der Waals surface area contributed by atoms with Crippen LogP contribution in [-0.2, 0) is 16.6 Å². The molecule has 1 heterocycles. The highest BCUT2D eigenvalue weighted by Crippen LogP contribution is 2.20. The molecule has 2 amide bonds. The lowest BCUT2D eigenvalue weighted by atomic mass is 10.0. The zero-order chi connectivity index (χ0) is 19.2. The number of nitrogens with zero attached hydrogens (tertiary/aromatic N) is 2. The van der Waals surface area contributed by atoms with Gasteiger partial charge in [-0.05, 0) is 43.4 Å². The quantitative estimate of drug-likeness (QED) is 0.788. The number of benzene rings is 1. The second kappa shape index (κ2) is 9.37. The summed E-state index contributed by atoms with van der Waals surface area (Å²) in [4.78, 5) is 14.7. The summed E-state index contributed by atoms with van der Waals surface area (Å²) in [6.07, 6.45) is 4.29. The molecule has 1 unspecified atom stereocenters. The van der Waals surface area contributed by atoms with Crippen LogP contribution in [0.4, 0.5) is 4.79 Å². The molecule has 0 saturated carbocycles. The van der Waals surface area contributed by atoms with Gasteiger partial charge in [0.05, 0.1) is 4.90 Å². The average molecular weight is 382 g/mol. The third-order valence-corrected chi connectivity index (χ3v) is 7.13. The summed E-state index contributed by atoms with van der Waals surface area (Å²) in [5.41, 5.74) is 0.891. The molecule has 1 N–H and O–H groups in total. The van der Waals surface area contributed by atoms with Crippen molar-refractivity contribution < 1.29 is 13.2 Å². The summed E-state index contributed by atoms with van der Waals surface area (Å²) in [6.45, 7) is 7.88. The number of amides is 2. The van der Waals surface area contributed by atoms with Crippen LogP contribution >= 0.6 is 0 Å². The lowest BCUT2D eigenvalue weighted by Gasteiger charge is -2.35. The lowest BCUT2D eigenvalue weighted by Crippen LogP contribution is -2.48. The number of nitrogens with one attached hydrogen (secondary N) is 1. The second-order valence-electron chi connectivity index (χ2n) is 6.64. The zero-order valence-electron chi connectivity index (χ0n) is 16.1. The Balaban J connectivity index is 1.98. The van der Waals surface area contributed by atoms with E-state index in [0.29, 0.717) is 30.6 Å². The van der Waals surface area contributed by atoms with Crippen LogP contribution in [0.1, 0.15) is 52.0 Å². The van der Waals surface area contributed by atoms with Gasteiger partial charge in [-0.3, -0.25) is 0 Å². The van der Waals surface area contributed by atoms with Crippen molar-refractivity contribution >= 4 is 16.1 Å². The van der Waals surface area contributed by atoms with Crippen molar-refractivity contribution in [2.24, 2.45) is 0 Å². The van der Waals surface area contributed by atoms with Gasteiger partial charge in [-0.2, -0.15) is 4.31 Å². The fourth-order valence-corrected chi connectivity index (χ4v) is 4.92. The Morgan fingerprint density at radius 2 is 1.81 bits per heavy atom. The number of urea groups is 1. The summed E-state index contributed by atoms with van der Waals surface area (Å²) in [5.74, 6) is 0. The molecule has 1 saturated heterocycles. The molecule has 2 rings (SSSR count). The van der Waals surface area contributed by atoms with Gasteiger partial charge in [-0.15, -0.1) is 0 Å². The molecule has 146 valence electrons. The molecule has 1 atom stereocenters. The average Bonchev–Trinajstić information content (AvgIpc) is 2.67. The highest BCUT2D eigenvalue weighted by Gasteiger charge is 2.25. The van der Waals surface area contributed by atoms with Gasteiger partial charge in [0.1, 0.15) is 0 Å². The first-order valence-electron chi connectivity index (χ1n) is 9.57. The Morgan fingerprint density at radius 3 is 2.38 bits per heavy atom. The van der Waals surface area contributed by atoms with E-state index in [4.69, 9.17) is 0 Å². The number of piperidine rings is 1. The first-order chi connectivity index (χ1) is 12.4. The predicted molar refractivity (Wildman–Crippen MR) is 103 cm³/mol. The first kappa shape index (κ1) is 20.7. The topological polar surface area (TPSA) is 69.7 Å². The fourth-order valence-electron chi connectivity index (χ4n) is 3.46. The molecule has 1 aliphatic heterocycles. The zero-order valence-corrected chi connectivity index (χ0v) is 16.9. The number of sulfonamides is 1. The molecular formula is C19H31N3O3S. The van der Waals surface area contributed by atoms with Crippen molar-refractivity contribution in [3.05, 3.63) is 29.8 Å². The Hall–Kier alpha value is -1.60. The van der Waals surface area contributed by atoms with E-state index in [1.54, 1.807) is 24.3 Å². The predicted octanol–water partition coefficient (Wildman–Crippen LogP) is 3.19. The number of carbonyl (C=O) groups excluding carboxylic acids is 1. The summed E-state index contributed by atoms with van der Waals surface area (Å²) < 4.78 is 26.4. The SMILES string of the molecule is CCC1CCCCN1C(=O)NCc1ccc(S(=O)(=O)N(CC)CC)cc1. The van der Waals surface area contributed by atoms with E-state index >= 15 is 0 Å². The van der Waals surface area contributed by atoms with Crippen LogP contribution in [0, 0.1) is 0 Å². The van der Waals surface area contributed by atoms with Gasteiger partial charge in [-0.1, -0.05) is 32.9 Å². The number of carbonyl (C=O) groups is 1. The van der Waals surface area contributed by atoms with Crippen molar-refractivity contribution in [2.45, 2.75) is 63.9 Å². The van der Waals surface area contributed by atoms with Crippen LogP contribution in [0.5, 0.6) is 0 Å². The molecule has 0 radical (unpaired) electrons. The van der Waals surface area contributed by atoms with Crippen LogP contribution in [-0.4, -0.2) is 49.3 Å². The van der Waals surface area contributed by atoms with Gasteiger partial charge in [0, 0.05) is 32.2 Å². The third-order valence-electron chi connectivity index (χ3n) is 5.07. The van der Waals surface area contributed by atoms with Crippen LogP contribution in [0.15, 0.2) is 29.2 Å². The van der Waals surface area contributed by atoms with Gasteiger partial charge >= 0.3 is 6.03 Å². The molecule has 1 aromatic carbocycles. The fraction of sp³-hybridized carbons (Fsp3) is 0.632. The third kappa shape index (κ3) is 4.76. The minimum absolute atomic E-state index is 0.0311. The normalized spacial score (nSPS) is 18.2. The number of likely N-dealkylation sites (tertiary alicyclic amines) is 1. The standard InChI is InChI=1S/C19H31N3O3S/c1-4-17-9-7-8-14-22(17)19(23)20-15-16-10-12-18(13-11-16)26(24,25)21(5-2)6-3/h10-13,17H,4-9,14-15H2,1-3H3,(H,20,23). The van der Waals surface area contributed by atoms with Crippen molar-refractivity contribution in [2.75, 3.05) is 19.6 Å². The molecule has 7 heteroatoms. The van der Waals surface area contributed by atoms with E-state index in [-0.39, 0.29) is 6.03 Å². The van der Waals surface area contributed by atoms with Crippen molar-refractivity contribution in [1.82, 2.24) is 14.5 Å². The second-order valence-corrected chi connectivity index (χ2v) is 8.58. The lowest BCUT2D eigenvalue weighted by molar-refractivity contribution is 0.148. The number of rotatable bonds is 7. The van der Waals surface area contributed by atoms with Crippen LogP contribution in [0.3, 0.4) is 0 Å². The monoisotopic (exact) mass is 381 g/mol. The van der Waals surface area contributed by atoms with Crippen molar-refractivity contribution in [3.63, 3.8) is 0 Å². The van der Waals surface area contributed by atoms with E-state index in [1.165, 1.54) is 10.7 Å². The van der Waals surface area contributed by atoms with E-state index in [1.807, 2.05) is 18.7 Å². The van der Waals surface area contributed by atoms with E-state index in [9.17, 15) is 13.2 Å². The molecule has 0 bridgehead atoms. The highest BCUT2D eigenvalue weighted by atomic mass is 32.2. The van der Waals surface area contributed by atoms with E-state index < -0.39 is 10.0 Å². The molecule has 26 heavy (non-hydrogen) atoms. The Kier molecular flexibility index (Phi) is 7.46. The van der Waals surface area contributed by atoms with E-state index in [0.717, 1.165) is 31.4 Å².